The Balaban J connectivity index is 1.72. The van der Waals surface area contributed by atoms with Crippen molar-refractivity contribution in [3.05, 3.63) is 101 Å². The van der Waals surface area contributed by atoms with E-state index >= 15 is 0 Å². The summed E-state index contributed by atoms with van der Waals surface area (Å²) in [6.07, 6.45) is 0. The average molecular weight is 364 g/mol. The molecule has 0 saturated heterocycles. The molecule has 0 spiro atoms. The van der Waals surface area contributed by atoms with Gasteiger partial charge in [-0.1, -0.05) is 66.2 Å². The van der Waals surface area contributed by atoms with Crippen LogP contribution in [0.15, 0.2) is 78.9 Å². The maximum absolute atomic E-state index is 13.0. The van der Waals surface area contributed by atoms with Gasteiger partial charge in [-0.2, -0.15) is 0 Å². The Morgan fingerprint density at radius 1 is 0.750 bits per heavy atom. The lowest BCUT2D eigenvalue weighted by Crippen LogP contribution is -2.13. The molecular weight excluding hydrogens is 348 g/mol. The van der Waals surface area contributed by atoms with Gasteiger partial charge >= 0.3 is 5.97 Å². The minimum Gasteiger partial charge on any atom is -0.422 e. The highest BCUT2D eigenvalue weighted by molar-refractivity contribution is 6.26. The van der Waals surface area contributed by atoms with E-state index in [0.29, 0.717) is 22.4 Å². The topological polar surface area (TPSA) is 43.4 Å². The highest BCUT2D eigenvalue weighted by Gasteiger charge is 2.28. The Labute approximate surface area is 162 Å². The minimum absolute atomic E-state index is 0.00397. The quantitative estimate of drug-likeness (QED) is 0.303. The molecule has 0 atom stereocenters. The van der Waals surface area contributed by atoms with Crippen LogP contribution >= 0.6 is 0 Å². The summed E-state index contributed by atoms with van der Waals surface area (Å²) in [5.41, 5.74) is 4.42. The van der Waals surface area contributed by atoms with E-state index in [0.717, 1.165) is 27.5 Å². The molecule has 0 N–H and O–H groups in total. The van der Waals surface area contributed by atoms with Gasteiger partial charge in [0.2, 0.25) is 0 Å². The lowest BCUT2D eigenvalue weighted by atomic mass is 9.82. The molecule has 4 aromatic rings. The Morgan fingerprint density at radius 3 is 2.25 bits per heavy atom. The van der Waals surface area contributed by atoms with E-state index in [1.807, 2.05) is 67.6 Å². The molecule has 0 amide bonds. The van der Waals surface area contributed by atoms with Crippen molar-refractivity contribution in [3.8, 4) is 16.9 Å². The third-order valence-corrected chi connectivity index (χ3v) is 5.18. The first kappa shape index (κ1) is 16.5. The highest BCUT2D eigenvalue weighted by Crippen LogP contribution is 2.44. The number of benzene rings is 4. The first-order valence-corrected chi connectivity index (χ1v) is 9.12. The van der Waals surface area contributed by atoms with Gasteiger partial charge < -0.3 is 4.74 Å². The summed E-state index contributed by atoms with van der Waals surface area (Å²) in [7, 11) is 0. The van der Waals surface area contributed by atoms with Crippen LogP contribution in [0.25, 0.3) is 21.9 Å². The first-order valence-electron chi connectivity index (χ1n) is 9.12. The van der Waals surface area contributed by atoms with Gasteiger partial charge in [0.05, 0.1) is 5.56 Å². The van der Waals surface area contributed by atoms with Crippen molar-refractivity contribution in [2.24, 2.45) is 0 Å². The number of rotatable bonds is 2. The molecule has 0 bridgehead atoms. The number of ketones is 1. The fraction of sp³-hybridized carbons (Fsp3) is 0.0400. The number of ether oxygens (including phenoxy) is 1. The smallest absolute Gasteiger partial charge is 0.343 e. The zero-order valence-corrected chi connectivity index (χ0v) is 15.2. The van der Waals surface area contributed by atoms with Gasteiger partial charge in [0, 0.05) is 22.1 Å². The van der Waals surface area contributed by atoms with Crippen LogP contribution in [0.5, 0.6) is 5.75 Å². The third-order valence-electron chi connectivity index (χ3n) is 5.18. The van der Waals surface area contributed by atoms with E-state index in [1.165, 1.54) is 0 Å². The summed E-state index contributed by atoms with van der Waals surface area (Å²) in [4.78, 5) is 25.7. The van der Waals surface area contributed by atoms with E-state index in [1.54, 1.807) is 18.2 Å². The zero-order valence-electron chi connectivity index (χ0n) is 15.2. The van der Waals surface area contributed by atoms with E-state index < -0.39 is 5.97 Å². The second kappa shape index (κ2) is 6.17. The van der Waals surface area contributed by atoms with Crippen molar-refractivity contribution in [1.29, 1.82) is 0 Å². The van der Waals surface area contributed by atoms with E-state index in [2.05, 4.69) is 0 Å². The molecule has 0 aliphatic heterocycles. The molecule has 3 heteroatoms. The predicted octanol–water partition coefficient (Wildman–Crippen LogP) is 5.58. The number of fused-ring (bicyclic) bond motifs is 2. The molecule has 3 nitrogen and oxygen atoms in total. The van der Waals surface area contributed by atoms with Crippen LogP contribution < -0.4 is 4.74 Å². The number of esters is 1. The molecule has 1 aliphatic rings. The Kier molecular flexibility index (Phi) is 3.63. The van der Waals surface area contributed by atoms with Crippen LogP contribution in [0.2, 0.25) is 0 Å². The fourth-order valence-electron chi connectivity index (χ4n) is 3.79. The van der Waals surface area contributed by atoms with Crippen molar-refractivity contribution in [1.82, 2.24) is 0 Å². The third kappa shape index (κ3) is 2.44. The van der Waals surface area contributed by atoms with Crippen molar-refractivity contribution < 1.29 is 14.3 Å². The summed E-state index contributed by atoms with van der Waals surface area (Å²) in [6, 6.07) is 24.1. The number of carbonyl (C=O) groups excluding carboxylic acids is 2. The van der Waals surface area contributed by atoms with Gasteiger partial charge in [0.15, 0.2) is 5.78 Å². The highest BCUT2D eigenvalue weighted by atomic mass is 16.5. The largest absolute Gasteiger partial charge is 0.422 e. The molecule has 1 aliphatic carbocycles. The number of aryl methyl sites for hydroxylation is 1. The maximum atomic E-state index is 13.0. The lowest BCUT2D eigenvalue weighted by Gasteiger charge is -2.22. The first-order chi connectivity index (χ1) is 13.6. The van der Waals surface area contributed by atoms with Gasteiger partial charge in [-0.15, -0.1) is 0 Å². The van der Waals surface area contributed by atoms with Crippen LogP contribution in [0.4, 0.5) is 0 Å². The minimum atomic E-state index is -0.414. The molecule has 5 rings (SSSR count). The second-order valence-corrected chi connectivity index (χ2v) is 6.97. The van der Waals surface area contributed by atoms with Crippen LogP contribution in [0.3, 0.4) is 0 Å². The molecule has 0 heterocycles. The average Bonchev–Trinajstić information content (AvgIpc) is 2.73. The number of carbonyl (C=O) groups is 2. The molecule has 0 unspecified atom stereocenters. The number of hydrogen-bond donors (Lipinski definition) is 0. The summed E-state index contributed by atoms with van der Waals surface area (Å²) in [6.45, 7) is 1.97. The van der Waals surface area contributed by atoms with Crippen molar-refractivity contribution in [2.75, 3.05) is 0 Å². The van der Waals surface area contributed by atoms with Crippen LogP contribution in [0.1, 0.15) is 31.8 Å². The maximum Gasteiger partial charge on any atom is 0.343 e. The summed E-state index contributed by atoms with van der Waals surface area (Å²) < 4.78 is 5.80. The Hall–Kier alpha value is -3.72. The van der Waals surface area contributed by atoms with Crippen LogP contribution in [0, 0.1) is 6.92 Å². The van der Waals surface area contributed by atoms with Crippen LogP contribution in [-0.2, 0) is 0 Å². The molecule has 0 fully saturated rings. The van der Waals surface area contributed by atoms with E-state index in [4.69, 9.17) is 4.74 Å². The molecule has 0 radical (unpaired) electrons. The number of hydrogen-bond acceptors (Lipinski definition) is 3. The lowest BCUT2D eigenvalue weighted by molar-refractivity contribution is 0.0735. The standard InChI is InChI=1S/C25H16O3/c1-15-9-11-17(12-10-15)25(27)28-21-14-13-16-5-4-8-20-22(16)23(21)18-6-2-3-7-19(18)24(20)26/h2-14H,1H3. The van der Waals surface area contributed by atoms with Gasteiger partial charge in [0.1, 0.15) is 5.75 Å². The van der Waals surface area contributed by atoms with Crippen molar-refractivity contribution in [2.45, 2.75) is 6.92 Å². The predicted molar refractivity (Wildman–Crippen MR) is 109 cm³/mol. The molecule has 0 aromatic heterocycles. The molecular formula is C25H16O3. The SMILES string of the molecule is Cc1ccc(C(=O)Oc2ccc3cccc4c3c2-c2ccccc2C4=O)cc1. The van der Waals surface area contributed by atoms with Gasteiger partial charge in [-0.3, -0.25) is 4.79 Å². The van der Waals surface area contributed by atoms with Crippen molar-refractivity contribution in [3.63, 3.8) is 0 Å². The molecule has 4 aromatic carbocycles. The fourth-order valence-corrected chi connectivity index (χ4v) is 3.79. The molecule has 134 valence electrons. The van der Waals surface area contributed by atoms with Gasteiger partial charge in [0.25, 0.3) is 0 Å². The van der Waals surface area contributed by atoms with E-state index in [-0.39, 0.29) is 5.78 Å². The van der Waals surface area contributed by atoms with Crippen LogP contribution in [-0.4, -0.2) is 11.8 Å². The zero-order chi connectivity index (χ0) is 19.3. The van der Waals surface area contributed by atoms with Crippen molar-refractivity contribution >= 4 is 22.5 Å². The molecule has 0 saturated carbocycles. The summed E-state index contributed by atoms with van der Waals surface area (Å²) in [5, 5.41) is 1.78. The monoisotopic (exact) mass is 364 g/mol. The molecule has 28 heavy (non-hydrogen) atoms. The van der Waals surface area contributed by atoms with Gasteiger partial charge in [-0.25, -0.2) is 4.79 Å². The summed E-state index contributed by atoms with van der Waals surface area (Å²) in [5.74, 6) is 0.0450. The normalized spacial score (nSPS) is 12.0. The summed E-state index contributed by atoms with van der Waals surface area (Å²) >= 11 is 0. The second-order valence-electron chi connectivity index (χ2n) is 6.97. The Morgan fingerprint density at radius 2 is 1.46 bits per heavy atom. The van der Waals surface area contributed by atoms with Gasteiger partial charge in [-0.05, 0) is 36.1 Å². The Bertz CT molecular complexity index is 1270. The van der Waals surface area contributed by atoms with E-state index in [9.17, 15) is 9.59 Å².